The number of hydrogen-bond acceptors (Lipinski definition) is 7. The number of benzene rings is 2. The third-order valence-electron chi connectivity index (χ3n) is 5.57. The second-order valence-corrected chi connectivity index (χ2v) is 7.84. The molecule has 3 heterocycles. The van der Waals surface area contributed by atoms with Gasteiger partial charge in [-0.25, -0.2) is 9.97 Å². The van der Waals surface area contributed by atoms with Crippen molar-refractivity contribution in [3.8, 4) is 5.75 Å². The van der Waals surface area contributed by atoms with Gasteiger partial charge in [0.15, 0.2) is 5.65 Å². The molecule has 0 aliphatic heterocycles. The number of carbonyl (C=O) groups excluding carboxylic acids is 1. The van der Waals surface area contributed by atoms with Crippen LogP contribution in [0.3, 0.4) is 0 Å². The highest BCUT2D eigenvalue weighted by Gasteiger charge is 2.23. The fourth-order valence-corrected chi connectivity index (χ4v) is 3.77. The van der Waals surface area contributed by atoms with E-state index in [4.69, 9.17) is 20.4 Å². The number of rotatable bonds is 7. The average Bonchev–Trinajstić information content (AvgIpc) is 3.17. The summed E-state index contributed by atoms with van der Waals surface area (Å²) in [4.78, 5) is 26.7. The molecule has 0 bridgehead atoms. The Morgan fingerprint density at radius 1 is 1.09 bits per heavy atom. The standard InChI is InChI=1S/C26H23N7O2/c1-35-19-10-8-17(9-11-19)12-14-29-26(34)22-23-25(32-21-7-3-2-6-20(21)31-23)33(24(22)27)30-16-18-5-4-13-28-15-18/h2-11,13,15-16H,12,14,27H2,1H3,(H,29,34)/b30-16+. The number of methoxy groups -OCH3 is 1. The molecule has 0 aliphatic carbocycles. The average molecular weight is 466 g/mol. The van der Waals surface area contributed by atoms with Crippen LogP contribution in [0.15, 0.2) is 78.2 Å². The van der Waals surface area contributed by atoms with Gasteiger partial charge in [-0.15, -0.1) is 0 Å². The minimum atomic E-state index is -0.332. The van der Waals surface area contributed by atoms with E-state index in [-0.39, 0.29) is 17.3 Å². The van der Waals surface area contributed by atoms with Crippen molar-refractivity contribution in [2.75, 3.05) is 19.4 Å². The molecule has 174 valence electrons. The lowest BCUT2D eigenvalue weighted by Crippen LogP contribution is -2.26. The molecule has 35 heavy (non-hydrogen) atoms. The Labute approximate surface area is 201 Å². The number of aromatic nitrogens is 4. The summed E-state index contributed by atoms with van der Waals surface area (Å²) < 4.78 is 6.64. The molecule has 0 atom stereocenters. The van der Waals surface area contributed by atoms with Gasteiger partial charge < -0.3 is 15.8 Å². The van der Waals surface area contributed by atoms with E-state index in [0.29, 0.717) is 35.2 Å². The number of pyridine rings is 1. The van der Waals surface area contributed by atoms with Gasteiger partial charge in [0.05, 0.1) is 24.4 Å². The van der Waals surface area contributed by atoms with Gasteiger partial charge in [0.25, 0.3) is 5.91 Å². The number of anilines is 1. The molecule has 0 saturated carbocycles. The van der Waals surface area contributed by atoms with Gasteiger partial charge in [-0.05, 0) is 42.3 Å². The Morgan fingerprint density at radius 3 is 2.57 bits per heavy atom. The summed E-state index contributed by atoms with van der Waals surface area (Å²) >= 11 is 0. The van der Waals surface area contributed by atoms with Crippen LogP contribution in [-0.2, 0) is 6.42 Å². The normalized spacial score (nSPS) is 11.3. The molecule has 0 aliphatic rings. The fraction of sp³-hybridized carbons (Fsp3) is 0.115. The first kappa shape index (κ1) is 22.0. The summed E-state index contributed by atoms with van der Waals surface area (Å²) in [6.07, 6.45) is 5.63. The molecular weight excluding hydrogens is 442 g/mol. The molecule has 0 spiro atoms. The van der Waals surface area contributed by atoms with Crippen molar-refractivity contribution >= 4 is 40.1 Å². The number of ether oxygens (including phenoxy) is 1. The number of nitrogens with one attached hydrogen (secondary N) is 1. The zero-order valence-corrected chi connectivity index (χ0v) is 19.0. The first-order valence-corrected chi connectivity index (χ1v) is 11.1. The number of fused-ring (bicyclic) bond motifs is 2. The molecule has 2 aromatic carbocycles. The summed E-state index contributed by atoms with van der Waals surface area (Å²) in [7, 11) is 1.63. The van der Waals surface area contributed by atoms with Crippen molar-refractivity contribution in [1.29, 1.82) is 0 Å². The lowest BCUT2D eigenvalue weighted by Gasteiger charge is -2.06. The molecule has 3 aromatic heterocycles. The third-order valence-corrected chi connectivity index (χ3v) is 5.57. The predicted molar refractivity (Wildman–Crippen MR) is 136 cm³/mol. The SMILES string of the molecule is COc1ccc(CCNC(=O)c2c(N)n(/N=C/c3cccnc3)c3nc4ccccc4nc23)cc1. The van der Waals surface area contributed by atoms with Crippen LogP contribution in [0.1, 0.15) is 21.5 Å². The first-order chi connectivity index (χ1) is 17.1. The Kier molecular flexibility index (Phi) is 6.04. The summed E-state index contributed by atoms with van der Waals surface area (Å²) in [5.41, 5.74) is 10.7. The molecule has 0 saturated heterocycles. The maximum absolute atomic E-state index is 13.2. The van der Waals surface area contributed by atoms with Gasteiger partial charge in [0.2, 0.25) is 0 Å². The highest BCUT2D eigenvalue weighted by atomic mass is 16.5. The Hall–Kier alpha value is -4.79. The topological polar surface area (TPSA) is 120 Å². The molecule has 0 unspecified atom stereocenters. The van der Waals surface area contributed by atoms with E-state index in [1.165, 1.54) is 4.68 Å². The summed E-state index contributed by atoms with van der Waals surface area (Å²) in [6, 6.07) is 18.9. The number of nitrogens with two attached hydrogens (primary N) is 1. The fourth-order valence-electron chi connectivity index (χ4n) is 3.77. The van der Waals surface area contributed by atoms with Crippen molar-refractivity contribution < 1.29 is 9.53 Å². The van der Waals surface area contributed by atoms with Gasteiger partial charge in [0, 0.05) is 24.5 Å². The van der Waals surface area contributed by atoms with Gasteiger partial charge in [-0.2, -0.15) is 9.78 Å². The van der Waals surface area contributed by atoms with Crippen LogP contribution in [0, 0.1) is 0 Å². The predicted octanol–water partition coefficient (Wildman–Crippen LogP) is 3.43. The van der Waals surface area contributed by atoms with E-state index >= 15 is 0 Å². The minimum Gasteiger partial charge on any atom is -0.497 e. The van der Waals surface area contributed by atoms with Crippen molar-refractivity contribution in [3.63, 3.8) is 0 Å². The number of amides is 1. The van der Waals surface area contributed by atoms with Crippen molar-refractivity contribution in [1.82, 2.24) is 24.9 Å². The van der Waals surface area contributed by atoms with Crippen LogP contribution in [-0.4, -0.2) is 45.4 Å². The number of carbonyl (C=O) groups is 1. The van der Waals surface area contributed by atoms with Crippen LogP contribution < -0.4 is 15.8 Å². The van der Waals surface area contributed by atoms with Crippen LogP contribution >= 0.6 is 0 Å². The molecule has 1 amide bonds. The number of para-hydroxylation sites is 2. The molecule has 9 nitrogen and oxygen atoms in total. The van der Waals surface area contributed by atoms with Gasteiger partial charge in [0.1, 0.15) is 22.6 Å². The van der Waals surface area contributed by atoms with Crippen LogP contribution in [0.5, 0.6) is 5.75 Å². The lowest BCUT2D eigenvalue weighted by atomic mass is 10.1. The largest absolute Gasteiger partial charge is 0.497 e. The second kappa shape index (κ2) is 9.60. The Bertz CT molecular complexity index is 1530. The van der Waals surface area contributed by atoms with E-state index in [1.807, 2.05) is 60.7 Å². The smallest absolute Gasteiger partial charge is 0.257 e. The summed E-state index contributed by atoms with van der Waals surface area (Å²) in [6.45, 7) is 0.428. The van der Waals surface area contributed by atoms with Crippen molar-refractivity contribution in [3.05, 3.63) is 89.7 Å². The van der Waals surface area contributed by atoms with Crippen molar-refractivity contribution in [2.45, 2.75) is 6.42 Å². The van der Waals surface area contributed by atoms with E-state index in [9.17, 15) is 4.79 Å². The molecule has 0 fully saturated rings. The highest BCUT2D eigenvalue weighted by Crippen LogP contribution is 2.27. The molecule has 9 heteroatoms. The maximum Gasteiger partial charge on any atom is 0.257 e. The molecule has 3 N–H and O–H groups in total. The maximum atomic E-state index is 13.2. The quantitative estimate of drug-likeness (QED) is 0.355. The summed E-state index contributed by atoms with van der Waals surface area (Å²) in [5.74, 6) is 0.620. The lowest BCUT2D eigenvalue weighted by molar-refractivity contribution is 0.0956. The number of nitrogens with zero attached hydrogens (tertiary/aromatic N) is 5. The zero-order valence-electron chi connectivity index (χ0n) is 19.0. The highest BCUT2D eigenvalue weighted by molar-refractivity contribution is 6.10. The third kappa shape index (κ3) is 4.51. The minimum absolute atomic E-state index is 0.164. The van der Waals surface area contributed by atoms with Crippen LogP contribution in [0.25, 0.3) is 22.2 Å². The Balaban J connectivity index is 1.48. The van der Waals surface area contributed by atoms with E-state index < -0.39 is 0 Å². The van der Waals surface area contributed by atoms with Crippen molar-refractivity contribution in [2.24, 2.45) is 5.10 Å². The molecular formula is C26H23N7O2. The molecule has 5 aromatic rings. The van der Waals surface area contributed by atoms with Crippen LogP contribution in [0.4, 0.5) is 5.82 Å². The monoisotopic (exact) mass is 465 g/mol. The second-order valence-electron chi connectivity index (χ2n) is 7.84. The number of nitrogen functional groups attached to an aromatic ring is 1. The Morgan fingerprint density at radius 2 is 1.86 bits per heavy atom. The first-order valence-electron chi connectivity index (χ1n) is 11.1. The summed E-state index contributed by atoms with van der Waals surface area (Å²) in [5, 5.41) is 7.44. The molecule has 0 radical (unpaired) electrons. The van der Waals surface area contributed by atoms with E-state index in [0.717, 1.165) is 16.9 Å². The number of hydrogen-bond donors (Lipinski definition) is 2. The van der Waals surface area contributed by atoms with E-state index in [2.05, 4.69) is 15.4 Å². The van der Waals surface area contributed by atoms with Crippen LogP contribution in [0.2, 0.25) is 0 Å². The van der Waals surface area contributed by atoms with Gasteiger partial charge in [-0.3, -0.25) is 9.78 Å². The van der Waals surface area contributed by atoms with Gasteiger partial charge >= 0.3 is 0 Å². The van der Waals surface area contributed by atoms with Gasteiger partial charge in [-0.1, -0.05) is 30.3 Å². The zero-order chi connectivity index (χ0) is 24.2. The van der Waals surface area contributed by atoms with E-state index in [1.54, 1.807) is 25.7 Å². The molecule has 5 rings (SSSR count).